The van der Waals surface area contributed by atoms with Gasteiger partial charge in [0.2, 0.25) is 5.91 Å². The zero-order chi connectivity index (χ0) is 27.6. The van der Waals surface area contributed by atoms with Gasteiger partial charge in [0.1, 0.15) is 12.2 Å². The smallest absolute Gasteiger partial charge is 0.330 e. The molecular formula is C24H43N3O7Si2. The quantitative estimate of drug-likeness (QED) is 0.400. The topological polar surface area (TPSA) is 138 Å². The summed E-state index contributed by atoms with van der Waals surface area (Å²) in [6, 6.07) is 0. The number of hydrogen-bond donors (Lipinski definition) is 2. The van der Waals surface area contributed by atoms with Crippen LogP contribution in [0.3, 0.4) is 0 Å². The minimum atomic E-state index is -2.45. The Morgan fingerprint density at radius 3 is 2.14 bits per heavy atom. The molecular weight excluding hydrogens is 498 g/mol. The molecule has 3 heterocycles. The van der Waals surface area contributed by atoms with Crippen LogP contribution in [0.1, 0.15) is 53.3 Å². The number of aromatic amines is 1. The third kappa shape index (κ3) is 4.95. The number of hydrogen-bond acceptors (Lipinski definition) is 7. The van der Waals surface area contributed by atoms with Crippen molar-refractivity contribution in [3.63, 3.8) is 0 Å². The van der Waals surface area contributed by atoms with Crippen LogP contribution >= 0.6 is 0 Å². The molecule has 0 aliphatic carbocycles. The van der Waals surface area contributed by atoms with Crippen LogP contribution in [-0.2, 0) is 23.1 Å². The number of nitrogens with one attached hydrogen (secondary N) is 1. The average Bonchev–Trinajstić information content (AvgIpc) is 3.38. The van der Waals surface area contributed by atoms with Crippen molar-refractivity contribution in [2.75, 3.05) is 6.61 Å². The SMILES string of the molecule is Cc1cn([C@@H]2O[C@H](CO[Si](C)(C)C(C)(C)C)[C@]3(O[C@H]3C(N)=O)[C@H]2O[Si](C)(C)C(C)(C)C)c(=O)[nH]c1=O. The second kappa shape index (κ2) is 9.02. The van der Waals surface area contributed by atoms with Gasteiger partial charge in [-0.05, 0) is 43.2 Å². The van der Waals surface area contributed by atoms with E-state index in [1.54, 1.807) is 6.92 Å². The third-order valence-electron chi connectivity index (χ3n) is 8.49. The van der Waals surface area contributed by atoms with Gasteiger partial charge in [-0.15, -0.1) is 0 Å². The highest BCUT2D eigenvalue weighted by atomic mass is 28.4. The van der Waals surface area contributed by atoms with Gasteiger partial charge in [0, 0.05) is 11.8 Å². The Kier molecular flexibility index (Phi) is 7.26. The van der Waals surface area contributed by atoms with Crippen LogP contribution in [0.2, 0.25) is 36.3 Å². The molecule has 2 aliphatic rings. The van der Waals surface area contributed by atoms with E-state index in [0.717, 1.165) is 0 Å². The molecule has 1 amide bonds. The molecule has 2 aliphatic heterocycles. The maximum absolute atomic E-state index is 12.9. The van der Waals surface area contributed by atoms with Gasteiger partial charge in [-0.2, -0.15) is 0 Å². The first-order valence-corrected chi connectivity index (χ1v) is 18.2. The number of rotatable bonds is 7. The van der Waals surface area contributed by atoms with Crippen LogP contribution in [0.25, 0.3) is 0 Å². The Hall–Kier alpha value is -1.58. The Bertz CT molecular complexity index is 1130. The lowest BCUT2D eigenvalue weighted by atomic mass is 9.93. The van der Waals surface area contributed by atoms with Gasteiger partial charge < -0.3 is 24.1 Å². The van der Waals surface area contributed by atoms with Crippen LogP contribution < -0.4 is 17.0 Å². The molecule has 10 nitrogen and oxygen atoms in total. The van der Waals surface area contributed by atoms with Crippen LogP contribution in [0, 0.1) is 6.92 Å². The Morgan fingerprint density at radius 2 is 1.67 bits per heavy atom. The van der Waals surface area contributed by atoms with Crippen LogP contribution in [0.4, 0.5) is 0 Å². The van der Waals surface area contributed by atoms with Crippen molar-refractivity contribution in [2.45, 2.75) is 115 Å². The van der Waals surface area contributed by atoms with Gasteiger partial charge in [-0.3, -0.25) is 19.1 Å². The molecule has 0 saturated carbocycles. The normalized spacial score (nSPS) is 29.1. The summed E-state index contributed by atoms with van der Waals surface area (Å²) in [6.07, 6.45) is -1.94. The third-order valence-corrected chi connectivity index (χ3v) is 17.4. The van der Waals surface area contributed by atoms with Crippen molar-refractivity contribution >= 4 is 22.5 Å². The molecule has 0 radical (unpaired) electrons. The lowest BCUT2D eigenvalue weighted by molar-refractivity contribution is -0.119. The molecule has 5 atom stereocenters. The predicted molar refractivity (Wildman–Crippen MR) is 142 cm³/mol. The standard InChI is InChI=1S/C24H43N3O7Si2/c1-14-12-27(21(30)26-19(14)29)20-17(34-36(10,11)23(5,6)7)24(16(33-24)18(25)28)15(32-20)13-31-35(8,9)22(2,3)4/h12,15-17,20H,13H2,1-11H3,(H2,25,28)(H,26,29,30)/t15-,16+,17+,20-,24-/m1/s1. The number of nitrogens with two attached hydrogens (primary N) is 1. The fourth-order valence-electron chi connectivity index (χ4n) is 3.96. The fraction of sp³-hybridized carbons (Fsp3) is 0.792. The second-order valence-electron chi connectivity index (χ2n) is 13.1. The zero-order valence-corrected chi connectivity index (χ0v) is 25.5. The number of aryl methyl sites for hydroxylation is 1. The number of ether oxygens (including phenoxy) is 2. The molecule has 2 saturated heterocycles. The van der Waals surface area contributed by atoms with Crippen molar-refractivity contribution < 1.29 is 23.1 Å². The number of aromatic nitrogens is 2. The monoisotopic (exact) mass is 541 g/mol. The van der Waals surface area contributed by atoms with Gasteiger partial charge in [0.25, 0.3) is 5.56 Å². The van der Waals surface area contributed by atoms with Gasteiger partial charge in [-0.25, -0.2) is 4.79 Å². The Balaban J connectivity index is 2.12. The number of epoxide rings is 1. The summed E-state index contributed by atoms with van der Waals surface area (Å²) in [5.74, 6) is -0.620. The summed E-state index contributed by atoms with van der Waals surface area (Å²) >= 11 is 0. The first-order chi connectivity index (χ1) is 16.2. The molecule has 0 bridgehead atoms. The van der Waals surface area contributed by atoms with Gasteiger partial charge in [-0.1, -0.05) is 41.5 Å². The van der Waals surface area contributed by atoms with E-state index >= 15 is 0 Å². The van der Waals surface area contributed by atoms with E-state index in [2.05, 4.69) is 72.7 Å². The van der Waals surface area contributed by atoms with E-state index in [9.17, 15) is 14.4 Å². The molecule has 0 unspecified atom stereocenters. The van der Waals surface area contributed by atoms with E-state index in [1.165, 1.54) is 10.8 Å². The minimum absolute atomic E-state index is 0.0460. The van der Waals surface area contributed by atoms with E-state index < -0.39 is 63.9 Å². The first kappa shape index (κ1) is 29.0. The van der Waals surface area contributed by atoms with E-state index in [4.69, 9.17) is 24.1 Å². The number of nitrogens with zero attached hydrogens (tertiary/aromatic N) is 1. The second-order valence-corrected chi connectivity index (χ2v) is 22.7. The predicted octanol–water partition coefficient (Wildman–Crippen LogP) is 2.78. The first-order valence-electron chi connectivity index (χ1n) is 12.4. The molecule has 1 aromatic rings. The van der Waals surface area contributed by atoms with Crippen molar-refractivity contribution in [3.05, 3.63) is 32.6 Å². The highest BCUT2D eigenvalue weighted by molar-refractivity contribution is 6.74. The fourth-order valence-corrected chi connectivity index (χ4v) is 6.25. The lowest BCUT2D eigenvalue weighted by Gasteiger charge is -2.40. The van der Waals surface area contributed by atoms with E-state index in [0.29, 0.717) is 5.56 Å². The summed E-state index contributed by atoms with van der Waals surface area (Å²) in [7, 11) is -4.63. The van der Waals surface area contributed by atoms with Crippen molar-refractivity contribution in [3.8, 4) is 0 Å². The summed E-state index contributed by atoms with van der Waals surface area (Å²) in [5.41, 5.74) is 3.78. The van der Waals surface area contributed by atoms with Crippen LogP contribution in [-0.4, -0.2) is 62.6 Å². The maximum Gasteiger partial charge on any atom is 0.330 e. The highest BCUT2D eigenvalue weighted by Crippen LogP contribution is 2.56. The molecule has 1 spiro atoms. The molecule has 3 rings (SSSR count). The molecule has 3 N–H and O–H groups in total. The Labute approximate surface area is 215 Å². The van der Waals surface area contributed by atoms with E-state index in [-0.39, 0.29) is 16.7 Å². The maximum atomic E-state index is 12.9. The lowest BCUT2D eigenvalue weighted by Crippen LogP contribution is -2.53. The Morgan fingerprint density at radius 1 is 1.11 bits per heavy atom. The minimum Gasteiger partial charge on any atom is -0.414 e. The molecule has 36 heavy (non-hydrogen) atoms. The van der Waals surface area contributed by atoms with Gasteiger partial charge in [0.05, 0.1) is 6.61 Å². The highest BCUT2D eigenvalue weighted by Gasteiger charge is 2.76. The number of H-pyrrole nitrogens is 1. The largest absolute Gasteiger partial charge is 0.414 e. The molecule has 204 valence electrons. The summed E-state index contributed by atoms with van der Waals surface area (Å²) < 4.78 is 27.1. The van der Waals surface area contributed by atoms with Crippen molar-refractivity contribution in [1.29, 1.82) is 0 Å². The summed E-state index contributed by atoms with van der Waals surface area (Å²) in [4.78, 5) is 39.7. The summed E-state index contributed by atoms with van der Waals surface area (Å²) in [6.45, 7) is 22.9. The van der Waals surface area contributed by atoms with Crippen LogP contribution in [0.5, 0.6) is 0 Å². The zero-order valence-electron chi connectivity index (χ0n) is 23.5. The number of amides is 1. The van der Waals surface area contributed by atoms with Crippen molar-refractivity contribution in [2.24, 2.45) is 5.73 Å². The molecule has 12 heteroatoms. The number of primary amides is 1. The molecule has 2 fully saturated rings. The molecule has 0 aromatic carbocycles. The summed E-state index contributed by atoms with van der Waals surface area (Å²) in [5, 5.41) is -0.215. The van der Waals surface area contributed by atoms with E-state index in [1.807, 2.05) is 0 Å². The number of carbonyl (C=O) groups is 1. The van der Waals surface area contributed by atoms with Gasteiger partial charge in [0.15, 0.2) is 34.6 Å². The van der Waals surface area contributed by atoms with Crippen LogP contribution in [0.15, 0.2) is 15.8 Å². The van der Waals surface area contributed by atoms with Crippen molar-refractivity contribution in [1.82, 2.24) is 9.55 Å². The number of carbonyl (C=O) groups excluding carboxylic acids is 1. The average molecular weight is 542 g/mol. The molecule has 1 aromatic heterocycles. The van der Waals surface area contributed by atoms with Gasteiger partial charge >= 0.3 is 5.69 Å².